The van der Waals surface area contributed by atoms with Crippen molar-refractivity contribution >= 4 is 29.9 Å². The second kappa shape index (κ2) is 11.6. The van der Waals surface area contributed by atoms with E-state index in [0.717, 1.165) is 42.9 Å². The van der Waals surface area contributed by atoms with E-state index in [1.165, 1.54) is 12.8 Å². The lowest BCUT2D eigenvalue weighted by atomic mass is 10.2. The molecule has 0 bridgehead atoms. The number of guanidine groups is 1. The first-order valence-electron chi connectivity index (χ1n) is 8.82. The summed E-state index contributed by atoms with van der Waals surface area (Å²) < 4.78 is 11.7. The second-order valence-corrected chi connectivity index (χ2v) is 6.56. The minimum Gasteiger partial charge on any atom is -0.489 e. The molecule has 1 atom stereocenters. The Morgan fingerprint density at radius 1 is 1.36 bits per heavy atom. The molecule has 25 heavy (non-hydrogen) atoms. The van der Waals surface area contributed by atoms with Crippen molar-refractivity contribution in [2.75, 3.05) is 40.4 Å². The Bertz CT molecular complexity index is 535. The highest BCUT2D eigenvalue weighted by atomic mass is 127. The first-order chi connectivity index (χ1) is 11.6. The van der Waals surface area contributed by atoms with Gasteiger partial charge in [0, 0.05) is 27.2 Å². The first-order valence-corrected chi connectivity index (χ1v) is 8.82. The van der Waals surface area contributed by atoms with E-state index in [1.54, 1.807) is 7.05 Å². The molecule has 1 saturated carbocycles. The summed E-state index contributed by atoms with van der Waals surface area (Å²) in [5, 5.41) is 3.37. The molecule has 5 nitrogen and oxygen atoms in total. The maximum absolute atomic E-state index is 5.99. The number of halogens is 1. The van der Waals surface area contributed by atoms with Gasteiger partial charge in [-0.2, -0.15) is 0 Å². The molecule has 1 N–H and O–H groups in total. The van der Waals surface area contributed by atoms with Crippen LogP contribution in [0, 0.1) is 12.8 Å². The highest BCUT2D eigenvalue weighted by Crippen LogP contribution is 2.28. The maximum atomic E-state index is 5.99. The summed E-state index contributed by atoms with van der Waals surface area (Å²) in [4.78, 5) is 6.42. The van der Waals surface area contributed by atoms with Crippen LogP contribution in [0.2, 0.25) is 0 Å². The molecule has 0 saturated heterocycles. The maximum Gasteiger partial charge on any atom is 0.193 e. The molecular formula is C19H32IN3O2. The van der Waals surface area contributed by atoms with Gasteiger partial charge in [-0.05, 0) is 44.2 Å². The summed E-state index contributed by atoms with van der Waals surface area (Å²) in [5.74, 6) is 2.61. The molecule has 0 amide bonds. The summed E-state index contributed by atoms with van der Waals surface area (Å²) >= 11 is 0. The van der Waals surface area contributed by atoms with Gasteiger partial charge in [0.25, 0.3) is 0 Å². The Balaban J connectivity index is 0.00000312. The average molecular weight is 461 g/mol. The van der Waals surface area contributed by atoms with E-state index in [1.807, 2.05) is 25.2 Å². The van der Waals surface area contributed by atoms with Gasteiger partial charge in [-0.25, -0.2) is 0 Å². The molecule has 0 aromatic heterocycles. The Hall–Kier alpha value is -1.02. The molecule has 142 valence electrons. The number of ether oxygens (including phenoxy) is 2. The van der Waals surface area contributed by atoms with E-state index in [0.29, 0.717) is 6.54 Å². The number of hydrogen-bond acceptors (Lipinski definition) is 3. The minimum absolute atomic E-state index is 0. The Morgan fingerprint density at radius 2 is 2.08 bits per heavy atom. The van der Waals surface area contributed by atoms with E-state index in [-0.39, 0.29) is 30.1 Å². The molecule has 0 radical (unpaired) electrons. The van der Waals surface area contributed by atoms with Crippen LogP contribution in [-0.2, 0) is 4.74 Å². The normalized spacial score (nSPS) is 15.3. The Morgan fingerprint density at radius 3 is 2.72 bits per heavy atom. The summed E-state index contributed by atoms with van der Waals surface area (Å²) in [6.45, 7) is 7.30. The predicted octanol–water partition coefficient (Wildman–Crippen LogP) is 3.31. The van der Waals surface area contributed by atoms with Crippen LogP contribution >= 0.6 is 24.0 Å². The zero-order valence-electron chi connectivity index (χ0n) is 15.8. The largest absolute Gasteiger partial charge is 0.489 e. The summed E-state index contributed by atoms with van der Waals surface area (Å²) in [6, 6.07) is 8.08. The van der Waals surface area contributed by atoms with Gasteiger partial charge in [0.05, 0.1) is 13.2 Å². The fourth-order valence-electron chi connectivity index (χ4n) is 2.41. The lowest BCUT2D eigenvalue weighted by molar-refractivity contribution is 0.115. The highest BCUT2D eigenvalue weighted by Gasteiger charge is 2.21. The summed E-state index contributed by atoms with van der Waals surface area (Å²) in [5.41, 5.74) is 1.15. The lowest BCUT2D eigenvalue weighted by Gasteiger charge is -2.24. The van der Waals surface area contributed by atoms with Crippen molar-refractivity contribution < 1.29 is 9.47 Å². The van der Waals surface area contributed by atoms with E-state index in [2.05, 4.69) is 35.1 Å². The van der Waals surface area contributed by atoms with Crippen LogP contribution in [0.1, 0.15) is 25.3 Å². The van der Waals surface area contributed by atoms with E-state index < -0.39 is 0 Å². The van der Waals surface area contributed by atoms with Gasteiger partial charge in [-0.1, -0.05) is 18.2 Å². The fourth-order valence-corrected chi connectivity index (χ4v) is 2.41. The number of hydrogen-bond donors (Lipinski definition) is 1. The topological polar surface area (TPSA) is 46.1 Å². The third-order valence-electron chi connectivity index (χ3n) is 4.16. The number of aryl methyl sites for hydroxylation is 1. The minimum atomic E-state index is 0. The molecule has 1 aromatic carbocycles. The number of likely N-dealkylation sites (N-methyl/N-ethyl adjacent to an activating group) is 1. The third-order valence-corrected chi connectivity index (χ3v) is 4.16. The highest BCUT2D eigenvalue weighted by molar-refractivity contribution is 14.0. The lowest BCUT2D eigenvalue weighted by Crippen LogP contribution is -2.44. The SMILES string of the molecule is CN=C(NCC(C)Oc1ccccc1C)N(C)CCOCC1CC1.I. The van der Waals surface area contributed by atoms with Crippen molar-refractivity contribution in [1.29, 1.82) is 0 Å². The molecule has 1 aromatic rings. The van der Waals surface area contributed by atoms with Crippen molar-refractivity contribution in [3.05, 3.63) is 29.8 Å². The van der Waals surface area contributed by atoms with Crippen LogP contribution < -0.4 is 10.1 Å². The van der Waals surface area contributed by atoms with Gasteiger partial charge in [0.15, 0.2) is 5.96 Å². The number of nitrogens with zero attached hydrogens (tertiary/aromatic N) is 2. The van der Waals surface area contributed by atoms with E-state index in [9.17, 15) is 0 Å². The monoisotopic (exact) mass is 461 g/mol. The third kappa shape index (κ3) is 8.27. The standard InChI is InChI=1S/C19H31N3O2.HI/c1-15-7-5-6-8-18(15)24-16(2)13-21-19(20-3)22(4)11-12-23-14-17-9-10-17;/h5-8,16-17H,9-14H2,1-4H3,(H,20,21);1H. The van der Waals surface area contributed by atoms with Crippen molar-refractivity contribution in [2.24, 2.45) is 10.9 Å². The van der Waals surface area contributed by atoms with Crippen molar-refractivity contribution in [1.82, 2.24) is 10.2 Å². The van der Waals surface area contributed by atoms with Gasteiger partial charge in [0.1, 0.15) is 11.9 Å². The van der Waals surface area contributed by atoms with Crippen LogP contribution in [0.15, 0.2) is 29.3 Å². The van der Waals surface area contributed by atoms with Crippen LogP contribution in [0.3, 0.4) is 0 Å². The average Bonchev–Trinajstić information content (AvgIpc) is 3.38. The Labute approximate surface area is 169 Å². The number of rotatable bonds is 9. The second-order valence-electron chi connectivity index (χ2n) is 6.56. The van der Waals surface area contributed by atoms with Crippen LogP contribution in [0.4, 0.5) is 0 Å². The van der Waals surface area contributed by atoms with Crippen molar-refractivity contribution in [2.45, 2.75) is 32.8 Å². The van der Waals surface area contributed by atoms with Gasteiger partial charge < -0.3 is 19.7 Å². The number of benzene rings is 1. The fraction of sp³-hybridized carbons (Fsp3) is 0.632. The number of para-hydroxylation sites is 1. The smallest absolute Gasteiger partial charge is 0.193 e. The zero-order chi connectivity index (χ0) is 17.4. The van der Waals surface area contributed by atoms with Gasteiger partial charge >= 0.3 is 0 Å². The molecule has 0 aliphatic heterocycles. The molecule has 1 aliphatic carbocycles. The van der Waals surface area contributed by atoms with E-state index in [4.69, 9.17) is 9.47 Å². The molecule has 1 unspecified atom stereocenters. The van der Waals surface area contributed by atoms with Crippen LogP contribution in [0.5, 0.6) is 5.75 Å². The van der Waals surface area contributed by atoms with E-state index >= 15 is 0 Å². The van der Waals surface area contributed by atoms with Gasteiger partial charge in [-0.15, -0.1) is 24.0 Å². The molecule has 0 heterocycles. The first kappa shape index (κ1) is 22.0. The van der Waals surface area contributed by atoms with Crippen LogP contribution in [0.25, 0.3) is 0 Å². The zero-order valence-corrected chi connectivity index (χ0v) is 18.2. The van der Waals surface area contributed by atoms with Crippen molar-refractivity contribution in [3.8, 4) is 5.75 Å². The number of nitrogens with one attached hydrogen (secondary N) is 1. The molecular weight excluding hydrogens is 429 g/mol. The summed E-state index contributed by atoms with van der Waals surface area (Å²) in [7, 11) is 3.83. The molecule has 1 fully saturated rings. The molecule has 2 rings (SSSR count). The van der Waals surface area contributed by atoms with Gasteiger partial charge in [0.2, 0.25) is 0 Å². The van der Waals surface area contributed by atoms with Crippen LogP contribution in [-0.4, -0.2) is 57.4 Å². The molecule has 1 aliphatic rings. The number of aliphatic imine (C=N–C) groups is 1. The summed E-state index contributed by atoms with van der Waals surface area (Å²) in [6.07, 6.45) is 2.72. The van der Waals surface area contributed by atoms with Gasteiger partial charge in [-0.3, -0.25) is 4.99 Å². The molecule has 0 spiro atoms. The molecule has 6 heteroatoms. The quantitative estimate of drug-likeness (QED) is 0.265. The predicted molar refractivity (Wildman–Crippen MR) is 114 cm³/mol. The Kier molecular flexibility index (Phi) is 10.2. The van der Waals surface area contributed by atoms with Crippen molar-refractivity contribution in [3.63, 3.8) is 0 Å².